The zero-order valence-corrected chi connectivity index (χ0v) is 23.5. The van der Waals surface area contributed by atoms with Crippen LogP contribution in [0, 0.1) is 24.3 Å². The molecule has 0 aliphatic carbocycles. The van der Waals surface area contributed by atoms with Crippen molar-refractivity contribution in [1.29, 1.82) is 0 Å². The van der Waals surface area contributed by atoms with Crippen LogP contribution in [0.1, 0.15) is 66.5 Å². The number of rotatable bonds is 7. The molecule has 1 N–H and O–H groups in total. The number of carbonyl (C=O) groups is 2. The largest absolute Gasteiger partial charge is 0.462 e. The van der Waals surface area contributed by atoms with Crippen LogP contribution in [0.3, 0.4) is 0 Å². The highest BCUT2D eigenvalue weighted by Crippen LogP contribution is 2.42. The minimum atomic E-state index is -0.612. The van der Waals surface area contributed by atoms with Crippen molar-refractivity contribution in [2.45, 2.75) is 73.8 Å². The number of azo groups is 1. The van der Waals surface area contributed by atoms with E-state index in [4.69, 9.17) is 11.3 Å². The summed E-state index contributed by atoms with van der Waals surface area (Å²) >= 11 is 2.43. The summed E-state index contributed by atoms with van der Waals surface area (Å²) in [5, 5.41) is 13.0. The normalized spacial score (nSPS) is 15.2. The average molecular weight is 532 g/mol. The molecule has 0 atom stereocenters. The Kier molecular flexibility index (Phi) is 8.46. The summed E-state index contributed by atoms with van der Waals surface area (Å²) in [7, 11) is 0. The van der Waals surface area contributed by atoms with Crippen molar-refractivity contribution in [3.8, 4) is 0 Å². The molecule has 0 bridgehead atoms. The highest BCUT2D eigenvalue weighted by Gasteiger charge is 2.32. The fraction of sp³-hybridized carbons (Fsp3) is 0.625. The maximum absolute atomic E-state index is 12.7. The number of amides is 1. The van der Waals surface area contributed by atoms with Crippen LogP contribution in [-0.2, 0) is 14.3 Å². The number of nitrogens with one attached hydrogen (secondary N) is 1. The van der Waals surface area contributed by atoms with Gasteiger partial charge in [0.25, 0.3) is 0 Å². The zero-order valence-electron chi connectivity index (χ0n) is 21.8. The Morgan fingerprint density at radius 2 is 1.83 bits per heavy atom. The van der Waals surface area contributed by atoms with E-state index in [1.165, 1.54) is 11.3 Å². The molecule has 1 amide bonds. The first-order valence-corrected chi connectivity index (χ1v) is 13.5. The quantitative estimate of drug-likeness (QED) is 0.239. The molecule has 12 heteroatoms. The van der Waals surface area contributed by atoms with Crippen LogP contribution in [0.5, 0.6) is 0 Å². The van der Waals surface area contributed by atoms with Crippen molar-refractivity contribution in [2.24, 2.45) is 21.1 Å². The molecular weight excluding hydrogens is 498 g/mol. The molecule has 3 rings (SSSR count). The van der Waals surface area contributed by atoms with E-state index in [2.05, 4.69) is 34.6 Å². The Bertz CT molecular complexity index is 1180. The SMILES string of the molecule is [C-]#[N+]c1c(C)nsc1N=Nc1sc(N2CCC(OC(=O)C(C)(C)CC)CC2)nc1NC(=O)C(C)(C)C. The maximum Gasteiger partial charge on any atom is 0.311 e. The summed E-state index contributed by atoms with van der Waals surface area (Å²) < 4.78 is 9.94. The predicted octanol–water partition coefficient (Wildman–Crippen LogP) is 6.81. The lowest BCUT2D eigenvalue weighted by atomic mass is 9.90. The van der Waals surface area contributed by atoms with Gasteiger partial charge in [-0.1, -0.05) is 39.0 Å². The summed E-state index contributed by atoms with van der Waals surface area (Å²) in [6.07, 6.45) is 1.99. The molecule has 1 saturated heterocycles. The Morgan fingerprint density at radius 1 is 1.19 bits per heavy atom. The molecule has 0 saturated carbocycles. The van der Waals surface area contributed by atoms with Gasteiger partial charge >= 0.3 is 5.97 Å². The molecule has 2 aromatic heterocycles. The number of hydrogen-bond acceptors (Lipinski definition) is 10. The minimum Gasteiger partial charge on any atom is -0.462 e. The molecule has 0 radical (unpaired) electrons. The summed E-state index contributed by atoms with van der Waals surface area (Å²) in [5.74, 6) is -0.0115. The molecular formula is C24H33N7O3S2. The van der Waals surface area contributed by atoms with Crippen molar-refractivity contribution in [3.63, 3.8) is 0 Å². The van der Waals surface area contributed by atoms with Crippen LogP contribution in [0.4, 0.5) is 26.6 Å². The lowest BCUT2D eigenvalue weighted by molar-refractivity contribution is -0.160. The fourth-order valence-electron chi connectivity index (χ4n) is 3.14. The third-order valence-electron chi connectivity index (χ3n) is 6.09. The molecule has 194 valence electrons. The average Bonchev–Trinajstić information content (AvgIpc) is 3.39. The third kappa shape index (κ3) is 6.44. The number of ether oxygens (including phenoxy) is 1. The van der Waals surface area contributed by atoms with Crippen LogP contribution in [-0.4, -0.2) is 40.4 Å². The van der Waals surface area contributed by atoms with E-state index in [9.17, 15) is 9.59 Å². The number of nitrogens with zero attached hydrogens (tertiary/aromatic N) is 6. The molecule has 10 nitrogen and oxygen atoms in total. The van der Waals surface area contributed by atoms with Gasteiger partial charge in [0.1, 0.15) is 6.10 Å². The van der Waals surface area contributed by atoms with Gasteiger partial charge in [-0.2, -0.15) is 0 Å². The second kappa shape index (κ2) is 11.0. The zero-order chi connectivity index (χ0) is 26.7. The van der Waals surface area contributed by atoms with Gasteiger partial charge in [0, 0.05) is 31.3 Å². The van der Waals surface area contributed by atoms with Crippen molar-refractivity contribution in [2.75, 3.05) is 23.3 Å². The number of aromatic nitrogens is 2. The summed E-state index contributed by atoms with van der Waals surface area (Å²) in [5.41, 5.74) is -0.118. The number of hydrogen-bond donors (Lipinski definition) is 1. The number of piperidine rings is 1. The van der Waals surface area contributed by atoms with Gasteiger partial charge in [-0.05, 0) is 38.7 Å². The maximum atomic E-state index is 12.7. The Labute approximate surface area is 220 Å². The van der Waals surface area contributed by atoms with Crippen LogP contribution >= 0.6 is 22.9 Å². The number of carbonyl (C=O) groups excluding carboxylic acids is 2. The molecule has 0 spiro atoms. The van der Waals surface area contributed by atoms with E-state index < -0.39 is 10.8 Å². The van der Waals surface area contributed by atoms with Gasteiger partial charge in [-0.3, -0.25) is 9.59 Å². The van der Waals surface area contributed by atoms with Gasteiger partial charge in [0.05, 0.1) is 17.7 Å². The molecule has 1 aliphatic heterocycles. The highest BCUT2D eigenvalue weighted by molar-refractivity contribution is 7.19. The van der Waals surface area contributed by atoms with E-state index in [1.807, 2.05) is 41.5 Å². The van der Waals surface area contributed by atoms with Crippen molar-refractivity contribution >= 4 is 61.4 Å². The highest BCUT2D eigenvalue weighted by atomic mass is 32.1. The predicted molar refractivity (Wildman–Crippen MR) is 143 cm³/mol. The smallest absolute Gasteiger partial charge is 0.311 e. The molecule has 1 fully saturated rings. The lowest BCUT2D eigenvalue weighted by Gasteiger charge is -2.33. The van der Waals surface area contributed by atoms with Crippen LogP contribution in [0.2, 0.25) is 0 Å². The number of esters is 1. The molecule has 0 aromatic carbocycles. The number of thiazole rings is 1. The number of aryl methyl sites for hydroxylation is 1. The van der Waals surface area contributed by atoms with Gasteiger partial charge < -0.3 is 15.0 Å². The van der Waals surface area contributed by atoms with E-state index >= 15 is 0 Å². The van der Waals surface area contributed by atoms with Crippen LogP contribution in [0.25, 0.3) is 4.85 Å². The summed E-state index contributed by atoms with van der Waals surface area (Å²) in [4.78, 5) is 35.4. The van der Waals surface area contributed by atoms with Gasteiger partial charge in [-0.15, -0.1) is 10.2 Å². The third-order valence-corrected chi connectivity index (χ3v) is 7.91. The van der Waals surface area contributed by atoms with E-state index in [0.717, 1.165) is 18.0 Å². The summed E-state index contributed by atoms with van der Waals surface area (Å²) in [6, 6.07) is 0. The number of anilines is 2. The van der Waals surface area contributed by atoms with E-state index in [1.54, 1.807) is 6.92 Å². The first kappa shape index (κ1) is 27.7. The minimum absolute atomic E-state index is 0.125. The van der Waals surface area contributed by atoms with Crippen molar-refractivity contribution in [1.82, 2.24) is 9.36 Å². The standard InChI is InChI=1S/C24H33N7O3S2/c1-9-24(6,7)21(33)34-15-10-12-31(13-11-15)22-27-17(26-20(32)23(3,4)5)19(35-22)29-28-18-16(25-8)14(2)30-36-18/h15H,9-13H2,1-7H3,(H,26,32). The Balaban J connectivity index is 1.79. The second-order valence-electron chi connectivity index (χ2n) is 10.4. The van der Waals surface area contributed by atoms with Crippen LogP contribution in [0.15, 0.2) is 10.2 Å². The molecule has 1 aliphatic rings. The molecule has 2 aromatic rings. The van der Waals surface area contributed by atoms with Gasteiger partial charge in [0.2, 0.25) is 11.6 Å². The Morgan fingerprint density at radius 3 is 2.42 bits per heavy atom. The first-order valence-electron chi connectivity index (χ1n) is 11.9. The molecule has 3 heterocycles. The molecule has 0 unspecified atom stereocenters. The first-order chi connectivity index (χ1) is 16.9. The van der Waals surface area contributed by atoms with E-state index in [-0.39, 0.29) is 18.0 Å². The summed E-state index contributed by atoms with van der Waals surface area (Å²) in [6.45, 7) is 21.7. The monoisotopic (exact) mass is 531 g/mol. The van der Waals surface area contributed by atoms with Crippen LogP contribution < -0.4 is 10.2 Å². The van der Waals surface area contributed by atoms with E-state index in [0.29, 0.717) is 58.3 Å². The van der Waals surface area contributed by atoms with Gasteiger partial charge in [-0.25, -0.2) is 14.2 Å². The fourth-order valence-corrected chi connectivity index (χ4v) is 4.70. The topological polar surface area (TPSA) is 114 Å². The van der Waals surface area contributed by atoms with Gasteiger partial charge in [0.15, 0.2) is 21.0 Å². The van der Waals surface area contributed by atoms with Crippen molar-refractivity contribution in [3.05, 3.63) is 17.1 Å². The van der Waals surface area contributed by atoms with Crippen molar-refractivity contribution < 1.29 is 14.3 Å². The lowest BCUT2D eigenvalue weighted by Crippen LogP contribution is -2.39. The Hall–Kier alpha value is -2.91. The second-order valence-corrected chi connectivity index (χ2v) is 12.1. The molecule has 36 heavy (non-hydrogen) atoms.